The largest absolute Gasteiger partial charge is 0.462 e. The number of esters is 1. The quantitative estimate of drug-likeness (QED) is 0.807. The maximum atomic E-state index is 13.7. The van der Waals surface area contributed by atoms with Gasteiger partial charge >= 0.3 is 5.97 Å². The lowest BCUT2D eigenvalue weighted by atomic mass is 10.3. The Hall–Kier alpha value is -2.33. The van der Waals surface area contributed by atoms with Crippen molar-refractivity contribution < 1.29 is 22.3 Å². The zero-order valence-electron chi connectivity index (χ0n) is 10.9. The highest BCUT2D eigenvalue weighted by Crippen LogP contribution is 2.20. The molecule has 0 radical (unpaired) electrons. The Bertz CT molecular complexity index is 787. The van der Waals surface area contributed by atoms with Gasteiger partial charge in [-0.1, -0.05) is 0 Å². The Morgan fingerprint density at radius 2 is 2.24 bits per heavy atom. The van der Waals surface area contributed by atoms with Crippen LogP contribution in [0.1, 0.15) is 17.3 Å². The molecule has 10 heteroatoms. The number of nitrogens with two attached hydrogens (primary N) is 1. The van der Waals surface area contributed by atoms with Crippen LogP contribution in [-0.4, -0.2) is 35.8 Å². The van der Waals surface area contributed by atoms with Crippen molar-refractivity contribution in [3.8, 4) is 5.82 Å². The summed E-state index contributed by atoms with van der Waals surface area (Å²) in [7, 11) is -4.36. The molecule has 0 aliphatic carbocycles. The smallest absolute Gasteiger partial charge is 0.342 e. The summed E-state index contributed by atoms with van der Waals surface area (Å²) < 4.78 is 42.5. The molecular weight excluding hydrogens is 303 g/mol. The second kappa shape index (κ2) is 5.58. The van der Waals surface area contributed by atoms with Crippen LogP contribution in [0.25, 0.3) is 5.82 Å². The van der Waals surface area contributed by atoms with E-state index in [0.29, 0.717) is 4.68 Å². The molecule has 0 amide bonds. The number of rotatable bonds is 4. The minimum absolute atomic E-state index is 0.0338. The topological polar surface area (TPSA) is 117 Å². The van der Waals surface area contributed by atoms with Gasteiger partial charge in [-0.2, -0.15) is 9.78 Å². The van der Waals surface area contributed by atoms with E-state index in [9.17, 15) is 17.6 Å². The molecule has 0 saturated carbocycles. The lowest BCUT2D eigenvalue weighted by Crippen LogP contribution is -2.21. The van der Waals surface area contributed by atoms with Gasteiger partial charge in [0.15, 0.2) is 16.7 Å². The summed E-state index contributed by atoms with van der Waals surface area (Å²) in [4.78, 5) is 15.4. The Balaban J connectivity index is 2.70. The molecule has 112 valence electrons. The normalized spacial score (nSPS) is 11.4. The molecule has 2 heterocycles. The fourth-order valence-electron chi connectivity index (χ4n) is 1.64. The predicted octanol–water partition coefficient (Wildman–Crippen LogP) is 0.231. The molecule has 21 heavy (non-hydrogen) atoms. The number of carbonyl (C=O) groups is 1. The Morgan fingerprint density at radius 1 is 1.52 bits per heavy atom. The molecule has 0 atom stereocenters. The van der Waals surface area contributed by atoms with Crippen LogP contribution in [-0.2, 0) is 14.8 Å². The van der Waals surface area contributed by atoms with Crippen molar-refractivity contribution in [3.63, 3.8) is 0 Å². The first kappa shape index (κ1) is 15.1. The molecule has 0 saturated heterocycles. The van der Waals surface area contributed by atoms with E-state index in [1.807, 2.05) is 0 Å². The zero-order chi connectivity index (χ0) is 15.6. The van der Waals surface area contributed by atoms with Gasteiger partial charge in [-0.3, -0.25) is 0 Å². The highest BCUT2D eigenvalue weighted by molar-refractivity contribution is 7.89. The average molecular weight is 314 g/mol. The summed E-state index contributed by atoms with van der Waals surface area (Å²) in [5, 5.41) is 8.07. The van der Waals surface area contributed by atoms with Crippen LogP contribution in [0.2, 0.25) is 0 Å². The second-order valence-electron chi connectivity index (χ2n) is 3.85. The number of nitrogens with zero attached hydrogens (tertiary/aromatic N) is 3. The van der Waals surface area contributed by atoms with E-state index in [-0.39, 0.29) is 12.2 Å². The summed E-state index contributed by atoms with van der Waals surface area (Å²) in [6.45, 7) is 1.59. The lowest BCUT2D eigenvalue weighted by molar-refractivity contribution is 0.0521. The van der Waals surface area contributed by atoms with Crippen molar-refractivity contribution in [2.24, 2.45) is 5.14 Å². The number of primary sulfonamides is 1. The average Bonchev–Trinajstić information content (AvgIpc) is 2.84. The van der Waals surface area contributed by atoms with Crippen molar-refractivity contribution >= 4 is 16.0 Å². The van der Waals surface area contributed by atoms with Crippen LogP contribution in [0.15, 0.2) is 29.6 Å². The third-order valence-electron chi connectivity index (χ3n) is 2.43. The first-order valence-electron chi connectivity index (χ1n) is 5.75. The van der Waals surface area contributed by atoms with Gasteiger partial charge in [0.2, 0.25) is 0 Å². The van der Waals surface area contributed by atoms with Gasteiger partial charge in [0.05, 0.1) is 12.8 Å². The SMILES string of the molecule is CCOC(=O)c1cnn(-c2ncccc2F)c1S(N)(=O)=O. The number of halogens is 1. The van der Waals surface area contributed by atoms with Crippen LogP contribution < -0.4 is 5.14 Å². The van der Waals surface area contributed by atoms with Crippen molar-refractivity contribution in [3.05, 3.63) is 35.9 Å². The third kappa shape index (κ3) is 2.90. The van der Waals surface area contributed by atoms with Crippen molar-refractivity contribution in [1.82, 2.24) is 14.8 Å². The molecule has 2 aromatic rings. The molecule has 0 bridgehead atoms. The Morgan fingerprint density at radius 3 is 2.81 bits per heavy atom. The second-order valence-corrected chi connectivity index (χ2v) is 5.33. The van der Waals surface area contributed by atoms with Gasteiger partial charge in [-0.05, 0) is 19.1 Å². The summed E-state index contributed by atoms with van der Waals surface area (Å²) in [5.41, 5.74) is -0.385. The first-order chi connectivity index (χ1) is 9.86. The summed E-state index contributed by atoms with van der Waals surface area (Å²) in [6.07, 6.45) is 2.18. The lowest BCUT2D eigenvalue weighted by Gasteiger charge is -2.07. The fourth-order valence-corrected chi connectivity index (χ4v) is 2.46. The van der Waals surface area contributed by atoms with Crippen LogP contribution in [0.3, 0.4) is 0 Å². The standard InChI is InChI=1S/C11H11FN4O4S/c1-2-20-11(17)7-6-15-16(10(7)21(13,18)19)9-8(12)4-3-5-14-9/h3-6H,2H2,1H3,(H2,13,18,19). The van der Waals surface area contributed by atoms with E-state index in [1.165, 1.54) is 12.3 Å². The molecule has 0 aromatic carbocycles. The monoisotopic (exact) mass is 314 g/mol. The summed E-state index contributed by atoms with van der Waals surface area (Å²) in [6, 6.07) is 2.40. The number of ether oxygens (including phenoxy) is 1. The molecular formula is C11H11FN4O4S. The molecule has 0 spiro atoms. The Kier molecular flexibility index (Phi) is 4.00. The van der Waals surface area contributed by atoms with E-state index in [1.54, 1.807) is 6.92 Å². The highest BCUT2D eigenvalue weighted by atomic mass is 32.2. The minimum atomic E-state index is -4.36. The highest BCUT2D eigenvalue weighted by Gasteiger charge is 2.28. The van der Waals surface area contributed by atoms with Gasteiger partial charge in [-0.25, -0.2) is 27.7 Å². The van der Waals surface area contributed by atoms with Crippen LogP contribution >= 0.6 is 0 Å². The number of sulfonamides is 1. The van der Waals surface area contributed by atoms with E-state index >= 15 is 0 Å². The van der Waals surface area contributed by atoms with Gasteiger partial charge in [0.25, 0.3) is 10.0 Å². The van der Waals surface area contributed by atoms with E-state index in [0.717, 1.165) is 12.3 Å². The zero-order valence-corrected chi connectivity index (χ0v) is 11.7. The third-order valence-corrected chi connectivity index (χ3v) is 3.36. The number of aromatic nitrogens is 3. The van der Waals surface area contributed by atoms with Crippen molar-refractivity contribution in [2.75, 3.05) is 6.61 Å². The first-order valence-corrected chi connectivity index (χ1v) is 7.29. The molecule has 0 aliphatic heterocycles. The van der Waals surface area contributed by atoms with Gasteiger partial charge in [0.1, 0.15) is 5.56 Å². The molecule has 0 unspecified atom stereocenters. The van der Waals surface area contributed by atoms with E-state index in [4.69, 9.17) is 9.88 Å². The molecule has 2 aromatic heterocycles. The molecule has 2 N–H and O–H groups in total. The maximum absolute atomic E-state index is 13.7. The minimum Gasteiger partial charge on any atom is -0.462 e. The Labute approximate surface area is 119 Å². The summed E-state index contributed by atoms with van der Waals surface area (Å²) in [5.74, 6) is -2.14. The maximum Gasteiger partial charge on any atom is 0.342 e. The van der Waals surface area contributed by atoms with Gasteiger partial charge in [-0.15, -0.1) is 0 Å². The van der Waals surface area contributed by atoms with Crippen LogP contribution in [0.5, 0.6) is 0 Å². The van der Waals surface area contributed by atoms with Gasteiger partial charge < -0.3 is 4.74 Å². The molecule has 8 nitrogen and oxygen atoms in total. The fraction of sp³-hybridized carbons (Fsp3) is 0.182. The van der Waals surface area contributed by atoms with Crippen LogP contribution in [0.4, 0.5) is 4.39 Å². The predicted molar refractivity (Wildman–Crippen MR) is 68.6 cm³/mol. The number of hydrogen-bond acceptors (Lipinski definition) is 6. The van der Waals surface area contributed by atoms with Crippen molar-refractivity contribution in [1.29, 1.82) is 0 Å². The van der Waals surface area contributed by atoms with E-state index < -0.39 is 32.7 Å². The number of carbonyl (C=O) groups excluding carboxylic acids is 1. The molecule has 2 rings (SSSR count). The van der Waals surface area contributed by atoms with Crippen LogP contribution in [0, 0.1) is 5.82 Å². The molecule has 0 aliphatic rings. The number of hydrogen-bond donors (Lipinski definition) is 1. The van der Waals surface area contributed by atoms with Crippen molar-refractivity contribution in [2.45, 2.75) is 11.9 Å². The number of pyridine rings is 1. The van der Waals surface area contributed by atoms with Gasteiger partial charge in [0, 0.05) is 6.20 Å². The molecule has 0 fully saturated rings. The van der Waals surface area contributed by atoms with E-state index in [2.05, 4.69) is 10.1 Å². The summed E-state index contributed by atoms with van der Waals surface area (Å²) >= 11 is 0.